The van der Waals surface area contributed by atoms with Gasteiger partial charge in [0.05, 0.1) is 6.26 Å². The molecule has 0 atom stereocenters. The van der Waals surface area contributed by atoms with Crippen molar-refractivity contribution in [3.8, 4) is 11.1 Å². The maximum Gasteiger partial charge on any atom is 0.134 e. The van der Waals surface area contributed by atoms with Gasteiger partial charge in [0, 0.05) is 5.39 Å². The Kier molecular flexibility index (Phi) is 5.63. The van der Waals surface area contributed by atoms with E-state index < -0.39 is 0 Å². The lowest BCUT2D eigenvalue weighted by molar-refractivity contribution is 0.608. The number of hydrogen-bond acceptors (Lipinski definition) is 1. The van der Waals surface area contributed by atoms with Gasteiger partial charge < -0.3 is 4.42 Å². The molecule has 1 heterocycles. The normalized spacial score (nSPS) is 11.4. The summed E-state index contributed by atoms with van der Waals surface area (Å²) in [5.74, 6) is 0. The highest BCUT2D eigenvalue weighted by Crippen LogP contribution is 2.36. The lowest BCUT2D eigenvalue weighted by atomic mass is 9.89. The molecule has 1 heteroatoms. The van der Waals surface area contributed by atoms with Gasteiger partial charge in [0.15, 0.2) is 0 Å². The molecule has 2 aromatic carbocycles. The van der Waals surface area contributed by atoms with Gasteiger partial charge in [-0.1, -0.05) is 56.5 Å². The Morgan fingerprint density at radius 2 is 1.56 bits per heavy atom. The van der Waals surface area contributed by atoms with Crippen LogP contribution in [0.5, 0.6) is 0 Å². The molecule has 0 aliphatic heterocycles. The van der Waals surface area contributed by atoms with E-state index in [-0.39, 0.29) is 0 Å². The predicted molar refractivity (Wildman–Crippen MR) is 108 cm³/mol. The van der Waals surface area contributed by atoms with Crippen molar-refractivity contribution in [2.24, 2.45) is 0 Å². The Balaban J connectivity index is 2.19. The fourth-order valence-electron chi connectivity index (χ4n) is 3.80. The number of rotatable bonds is 7. The van der Waals surface area contributed by atoms with Crippen LogP contribution in [0.4, 0.5) is 0 Å². The smallest absolute Gasteiger partial charge is 0.134 e. The first-order valence-corrected chi connectivity index (χ1v) is 9.75. The Morgan fingerprint density at radius 3 is 2.28 bits per heavy atom. The van der Waals surface area contributed by atoms with Crippen LogP contribution in [0, 0.1) is 13.8 Å². The fourth-order valence-corrected chi connectivity index (χ4v) is 3.80. The van der Waals surface area contributed by atoms with Gasteiger partial charge in [-0.05, 0) is 73.4 Å². The van der Waals surface area contributed by atoms with E-state index >= 15 is 0 Å². The first-order valence-electron chi connectivity index (χ1n) is 9.75. The van der Waals surface area contributed by atoms with Gasteiger partial charge >= 0.3 is 0 Å². The molecular weight excluding hydrogens is 304 g/mol. The molecule has 0 radical (unpaired) electrons. The van der Waals surface area contributed by atoms with Crippen molar-refractivity contribution in [2.75, 3.05) is 0 Å². The van der Waals surface area contributed by atoms with Crippen molar-refractivity contribution < 1.29 is 4.42 Å². The maximum absolute atomic E-state index is 5.91. The Hall–Kier alpha value is -2.02. The van der Waals surface area contributed by atoms with E-state index in [0.29, 0.717) is 0 Å². The zero-order valence-corrected chi connectivity index (χ0v) is 16.1. The first kappa shape index (κ1) is 17.8. The Bertz CT molecular complexity index is 854. The molecular formula is C24H30O. The molecule has 0 unspecified atom stereocenters. The van der Waals surface area contributed by atoms with Gasteiger partial charge in [-0.15, -0.1) is 0 Å². The molecule has 0 N–H and O–H groups in total. The third-order valence-electron chi connectivity index (χ3n) is 5.18. The second-order valence-corrected chi connectivity index (χ2v) is 7.25. The van der Waals surface area contributed by atoms with Crippen molar-refractivity contribution >= 4 is 11.0 Å². The van der Waals surface area contributed by atoms with Gasteiger partial charge in [-0.2, -0.15) is 0 Å². The molecule has 0 aliphatic rings. The predicted octanol–water partition coefficient (Wildman–Crippen LogP) is 7.40. The molecule has 3 aromatic rings. The molecule has 25 heavy (non-hydrogen) atoms. The van der Waals surface area contributed by atoms with Gasteiger partial charge in [-0.3, -0.25) is 0 Å². The average molecular weight is 335 g/mol. The van der Waals surface area contributed by atoms with Crippen LogP contribution in [0.1, 0.15) is 61.8 Å². The topological polar surface area (TPSA) is 13.1 Å². The monoisotopic (exact) mass is 334 g/mol. The van der Waals surface area contributed by atoms with Gasteiger partial charge in [0.1, 0.15) is 5.58 Å². The van der Waals surface area contributed by atoms with E-state index in [1.807, 2.05) is 6.26 Å². The van der Waals surface area contributed by atoms with Crippen LogP contribution in [-0.4, -0.2) is 0 Å². The van der Waals surface area contributed by atoms with Crippen molar-refractivity contribution in [3.63, 3.8) is 0 Å². The molecule has 0 spiro atoms. The number of aryl methyl sites for hydroxylation is 4. The standard InChI is InChI=1S/C24H30O/c1-5-7-9-19-16-25-23-14-13-21(22(24(19)23)10-8-6-2)20-12-11-17(3)15-18(20)4/h11-16H,5-10H2,1-4H3. The van der Waals surface area contributed by atoms with Gasteiger partial charge in [0.2, 0.25) is 0 Å². The van der Waals surface area contributed by atoms with Crippen molar-refractivity contribution in [2.45, 2.75) is 66.2 Å². The molecule has 0 aliphatic carbocycles. The van der Waals surface area contributed by atoms with E-state index in [1.165, 1.54) is 64.5 Å². The minimum absolute atomic E-state index is 1.05. The Labute approximate surface area is 152 Å². The molecule has 0 saturated carbocycles. The zero-order valence-electron chi connectivity index (χ0n) is 16.1. The molecule has 0 bridgehead atoms. The third-order valence-corrected chi connectivity index (χ3v) is 5.18. The van der Waals surface area contributed by atoms with Crippen LogP contribution in [0.15, 0.2) is 41.0 Å². The van der Waals surface area contributed by atoms with Crippen LogP contribution in [0.3, 0.4) is 0 Å². The Morgan fingerprint density at radius 1 is 0.840 bits per heavy atom. The van der Waals surface area contributed by atoms with E-state index in [0.717, 1.165) is 18.4 Å². The average Bonchev–Trinajstić information content (AvgIpc) is 3.01. The van der Waals surface area contributed by atoms with Crippen molar-refractivity contribution in [1.82, 2.24) is 0 Å². The molecule has 0 amide bonds. The number of hydrogen-bond donors (Lipinski definition) is 0. The van der Waals surface area contributed by atoms with Gasteiger partial charge in [0.25, 0.3) is 0 Å². The van der Waals surface area contributed by atoms with Gasteiger partial charge in [-0.25, -0.2) is 0 Å². The summed E-state index contributed by atoms with van der Waals surface area (Å²) in [6.07, 6.45) is 9.08. The number of benzene rings is 2. The summed E-state index contributed by atoms with van der Waals surface area (Å²) in [5.41, 5.74) is 9.34. The van der Waals surface area contributed by atoms with E-state index in [9.17, 15) is 0 Å². The summed E-state index contributed by atoms with van der Waals surface area (Å²) in [6, 6.07) is 11.2. The van der Waals surface area contributed by atoms with E-state index in [2.05, 4.69) is 58.0 Å². The summed E-state index contributed by atoms with van der Waals surface area (Å²) < 4.78 is 5.91. The van der Waals surface area contributed by atoms with Crippen LogP contribution >= 0.6 is 0 Å². The first-order chi connectivity index (χ1) is 12.2. The van der Waals surface area contributed by atoms with Crippen molar-refractivity contribution in [3.05, 3.63) is 58.8 Å². The van der Waals surface area contributed by atoms with Crippen molar-refractivity contribution in [1.29, 1.82) is 0 Å². The maximum atomic E-state index is 5.91. The third kappa shape index (κ3) is 3.66. The fraction of sp³-hybridized carbons (Fsp3) is 0.417. The van der Waals surface area contributed by atoms with Crippen LogP contribution in [0.2, 0.25) is 0 Å². The molecule has 0 saturated heterocycles. The number of unbranched alkanes of at least 4 members (excludes halogenated alkanes) is 2. The number of fused-ring (bicyclic) bond motifs is 1. The minimum Gasteiger partial charge on any atom is -0.464 e. The van der Waals surface area contributed by atoms with E-state index in [4.69, 9.17) is 4.42 Å². The second-order valence-electron chi connectivity index (χ2n) is 7.25. The quantitative estimate of drug-likeness (QED) is 0.438. The largest absolute Gasteiger partial charge is 0.464 e. The minimum atomic E-state index is 1.05. The molecule has 1 nitrogen and oxygen atoms in total. The summed E-state index contributed by atoms with van der Waals surface area (Å²) >= 11 is 0. The molecule has 0 fully saturated rings. The highest BCUT2D eigenvalue weighted by Gasteiger charge is 2.16. The number of furan rings is 1. The SMILES string of the molecule is CCCCc1coc2ccc(-c3ccc(C)cc3C)c(CCCC)c12. The summed E-state index contributed by atoms with van der Waals surface area (Å²) in [6.45, 7) is 8.91. The highest BCUT2D eigenvalue weighted by atomic mass is 16.3. The lowest BCUT2D eigenvalue weighted by Crippen LogP contribution is -1.96. The zero-order chi connectivity index (χ0) is 17.8. The van der Waals surface area contributed by atoms with Crippen LogP contribution < -0.4 is 0 Å². The second kappa shape index (κ2) is 7.91. The van der Waals surface area contributed by atoms with E-state index in [1.54, 1.807) is 0 Å². The molecule has 3 rings (SSSR count). The van der Waals surface area contributed by atoms with Crippen LogP contribution in [0.25, 0.3) is 22.1 Å². The summed E-state index contributed by atoms with van der Waals surface area (Å²) in [4.78, 5) is 0. The molecule has 132 valence electrons. The highest BCUT2D eigenvalue weighted by molar-refractivity contribution is 5.91. The van der Waals surface area contributed by atoms with Crippen LogP contribution in [-0.2, 0) is 12.8 Å². The molecule has 1 aromatic heterocycles. The summed E-state index contributed by atoms with van der Waals surface area (Å²) in [7, 11) is 0. The summed E-state index contributed by atoms with van der Waals surface area (Å²) in [5, 5.41) is 1.37. The lowest BCUT2D eigenvalue weighted by Gasteiger charge is -2.15.